The summed E-state index contributed by atoms with van der Waals surface area (Å²) in [5.74, 6) is -2.44. The van der Waals surface area contributed by atoms with E-state index in [-0.39, 0.29) is 23.3 Å². The predicted molar refractivity (Wildman–Crippen MR) is 171 cm³/mol. The molecule has 0 saturated carbocycles. The lowest BCUT2D eigenvalue weighted by molar-refractivity contribution is 0.0904. The molecule has 0 aliphatic carbocycles. The fraction of sp³-hybridized carbons (Fsp3) is 0.412. The maximum absolute atomic E-state index is 14.6. The van der Waals surface area contributed by atoms with Crippen molar-refractivity contribution in [3.63, 3.8) is 0 Å². The van der Waals surface area contributed by atoms with Crippen LogP contribution in [0.2, 0.25) is 0 Å². The molecule has 3 aromatic carbocycles. The number of anilines is 3. The number of benzene rings is 3. The number of carbonyl (C=O) groups excluding carboxylic acids is 1. The minimum Gasteiger partial charge on any atom is -0.381 e. The molecule has 11 heteroatoms. The average molecular weight is 621 g/mol. The Morgan fingerprint density at radius 2 is 1.91 bits per heavy atom. The first-order valence-corrected chi connectivity index (χ1v) is 15.6. The van der Waals surface area contributed by atoms with Gasteiger partial charge in [0.25, 0.3) is 5.91 Å². The van der Waals surface area contributed by atoms with Gasteiger partial charge in [0, 0.05) is 73.2 Å². The smallest absolute Gasteiger partial charge is 0.258 e. The van der Waals surface area contributed by atoms with Gasteiger partial charge in [-0.15, -0.1) is 0 Å². The van der Waals surface area contributed by atoms with Crippen LogP contribution in [0.15, 0.2) is 54.6 Å². The number of rotatable bonds is 9. The number of H-pyrrole nitrogens is 1. The van der Waals surface area contributed by atoms with Crippen LogP contribution in [0.5, 0.6) is 0 Å². The first-order chi connectivity index (χ1) is 21.8. The Labute approximate surface area is 260 Å². The minimum absolute atomic E-state index is 0.0692. The normalized spacial score (nSPS) is 18.7. The summed E-state index contributed by atoms with van der Waals surface area (Å²) in [5.41, 5.74) is 3.25. The summed E-state index contributed by atoms with van der Waals surface area (Å²) >= 11 is 0. The monoisotopic (exact) mass is 620 g/mol. The van der Waals surface area contributed by atoms with Crippen LogP contribution in [-0.4, -0.2) is 79.2 Å². The standard InChI is InChI=1S/C34H39F3N6O2/c1-3-42-12-13-43(21(2)20-42)25-6-7-26(32(18-25)38-24-10-14-45-15-11-24)34(44)39-33-28-16-22(4-9-31(28)40-41-33)29(19-35)27-17-23(36)5-8-30(27)37/h4-9,16-18,21,24,29,38H,3,10-15,19-20H2,1-2H3,(H2,39,40,41,44). The second-order valence-electron chi connectivity index (χ2n) is 11.9. The maximum atomic E-state index is 14.6. The van der Waals surface area contributed by atoms with Gasteiger partial charge in [0.1, 0.15) is 18.3 Å². The second-order valence-corrected chi connectivity index (χ2v) is 11.9. The van der Waals surface area contributed by atoms with E-state index in [9.17, 15) is 18.0 Å². The summed E-state index contributed by atoms with van der Waals surface area (Å²) in [6, 6.07) is 14.4. The van der Waals surface area contributed by atoms with E-state index in [1.54, 1.807) is 18.2 Å². The SMILES string of the molecule is CCN1CCN(c2ccc(C(=O)Nc3n[nH]c4ccc(C(CF)c5cc(F)ccc5F)cc34)c(NC3CCOCC3)c2)C(C)C1. The largest absolute Gasteiger partial charge is 0.381 e. The molecule has 0 radical (unpaired) electrons. The molecule has 4 aromatic rings. The van der Waals surface area contributed by atoms with E-state index in [0.717, 1.165) is 68.6 Å². The van der Waals surface area contributed by atoms with Crippen molar-refractivity contribution in [3.05, 3.63) is 82.9 Å². The molecule has 2 saturated heterocycles. The highest BCUT2D eigenvalue weighted by atomic mass is 19.1. The van der Waals surface area contributed by atoms with Crippen LogP contribution >= 0.6 is 0 Å². The number of nitrogens with zero attached hydrogens (tertiary/aromatic N) is 3. The molecule has 2 unspecified atom stereocenters. The van der Waals surface area contributed by atoms with Crippen LogP contribution in [0.1, 0.15) is 54.1 Å². The molecule has 3 N–H and O–H groups in total. The number of carbonyl (C=O) groups is 1. The zero-order valence-electron chi connectivity index (χ0n) is 25.6. The van der Waals surface area contributed by atoms with Crippen LogP contribution in [0.3, 0.4) is 0 Å². The van der Waals surface area contributed by atoms with Crippen molar-refractivity contribution in [1.82, 2.24) is 15.1 Å². The predicted octanol–water partition coefficient (Wildman–Crippen LogP) is 6.32. The molecule has 2 fully saturated rings. The van der Waals surface area contributed by atoms with Crippen LogP contribution in [0.25, 0.3) is 10.9 Å². The van der Waals surface area contributed by atoms with Gasteiger partial charge in [0.2, 0.25) is 0 Å². The van der Waals surface area contributed by atoms with Gasteiger partial charge < -0.3 is 20.3 Å². The van der Waals surface area contributed by atoms with Crippen LogP contribution < -0.4 is 15.5 Å². The second kappa shape index (κ2) is 13.5. The van der Waals surface area contributed by atoms with E-state index in [4.69, 9.17) is 4.74 Å². The van der Waals surface area contributed by atoms with Crippen molar-refractivity contribution in [2.24, 2.45) is 0 Å². The zero-order valence-corrected chi connectivity index (χ0v) is 25.6. The number of aromatic nitrogens is 2. The maximum Gasteiger partial charge on any atom is 0.258 e. The van der Waals surface area contributed by atoms with E-state index >= 15 is 0 Å². The topological polar surface area (TPSA) is 85.5 Å². The third-order valence-corrected chi connectivity index (χ3v) is 9.03. The van der Waals surface area contributed by atoms with Crippen molar-refractivity contribution in [3.8, 4) is 0 Å². The molecule has 0 spiro atoms. The summed E-state index contributed by atoms with van der Waals surface area (Å²) in [6.45, 7) is 8.68. The number of hydrogen-bond acceptors (Lipinski definition) is 6. The highest BCUT2D eigenvalue weighted by Crippen LogP contribution is 2.33. The van der Waals surface area contributed by atoms with Crippen molar-refractivity contribution < 1.29 is 22.7 Å². The summed E-state index contributed by atoms with van der Waals surface area (Å²) in [6.07, 6.45) is 1.68. The Balaban J connectivity index is 1.29. The Morgan fingerprint density at radius 3 is 2.67 bits per heavy atom. The molecule has 0 bridgehead atoms. The van der Waals surface area contributed by atoms with Crippen LogP contribution in [0, 0.1) is 11.6 Å². The fourth-order valence-electron chi connectivity index (χ4n) is 6.45. The van der Waals surface area contributed by atoms with Gasteiger partial charge in [0.15, 0.2) is 5.82 Å². The summed E-state index contributed by atoms with van der Waals surface area (Å²) in [5, 5.41) is 14.3. The lowest BCUT2D eigenvalue weighted by atomic mass is 9.91. The number of amides is 1. The molecule has 45 heavy (non-hydrogen) atoms. The van der Waals surface area contributed by atoms with E-state index in [2.05, 4.69) is 50.5 Å². The van der Waals surface area contributed by atoms with Gasteiger partial charge in [-0.25, -0.2) is 8.78 Å². The number of alkyl halides is 1. The van der Waals surface area contributed by atoms with E-state index in [1.807, 2.05) is 12.1 Å². The number of fused-ring (bicyclic) bond motifs is 1. The van der Waals surface area contributed by atoms with E-state index in [0.29, 0.717) is 41.3 Å². The molecule has 1 aromatic heterocycles. The quantitative estimate of drug-likeness (QED) is 0.203. The first kappa shape index (κ1) is 30.9. The van der Waals surface area contributed by atoms with E-state index in [1.165, 1.54) is 0 Å². The van der Waals surface area contributed by atoms with Crippen molar-refractivity contribution >= 4 is 34.0 Å². The van der Waals surface area contributed by atoms with Gasteiger partial charge in [-0.3, -0.25) is 19.2 Å². The molecule has 8 nitrogen and oxygen atoms in total. The lowest BCUT2D eigenvalue weighted by Gasteiger charge is -2.41. The number of nitrogens with one attached hydrogen (secondary N) is 3. The molecule has 238 valence electrons. The van der Waals surface area contributed by atoms with Gasteiger partial charge in [-0.05, 0) is 80.4 Å². The highest BCUT2D eigenvalue weighted by Gasteiger charge is 2.26. The van der Waals surface area contributed by atoms with Gasteiger partial charge in [-0.1, -0.05) is 13.0 Å². The Kier molecular flexibility index (Phi) is 9.27. The highest BCUT2D eigenvalue weighted by molar-refractivity contribution is 6.11. The first-order valence-electron chi connectivity index (χ1n) is 15.6. The lowest BCUT2D eigenvalue weighted by Crippen LogP contribution is -2.51. The van der Waals surface area contributed by atoms with Crippen LogP contribution in [-0.2, 0) is 4.74 Å². The van der Waals surface area contributed by atoms with Crippen molar-refractivity contribution in [2.75, 3.05) is 61.6 Å². The number of hydrogen-bond donors (Lipinski definition) is 3. The number of aromatic amines is 1. The molecular weight excluding hydrogens is 581 g/mol. The number of ether oxygens (including phenoxy) is 1. The van der Waals surface area contributed by atoms with Crippen molar-refractivity contribution in [1.29, 1.82) is 0 Å². The molecule has 2 aliphatic heterocycles. The Hall–Kier alpha value is -4.09. The summed E-state index contributed by atoms with van der Waals surface area (Å²) in [7, 11) is 0. The molecule has 2 aliphatic rings. The third-order valence-electron chi connectivity index (χ3n) is 9.03. The third kappa shape index (κ3) is 6.64. The summed E-state index contributed by atoms with van der Waals surface area (Å²) < 4.78 is 48.3. The van der Waals surface area contributed by atoms with E-state index < -0.39 is 24.2 Å². The molecule has 2 atom stereocenters. The molecular formula is C34H39F3N6O2. The fourth-order valence-corrected chi connectivity index (χ4v) is 6.45. The number of halogens is 3. The molecule has 6 rings (SSSR count). The molecule has 1 amide bonds. The van der Waals surface area contributed by atoms with Crippen LogP contribution in [0.4, 0.5) is 30.4 Å². The van der Waals surface area contributed by atoms with Crippen molar-refractivity contribution in [2.45, 2.75) is 44.7 Å². The number of likely N-dealkylation sites (N-methyl/N-ethyl adjacent to an activating group) is 1. The van der Waals surface area contributed by atoms with Gasteiger partial charge >= 0.3 is 0 Å². The van der Waals surface area contributed by atoms with Gasteiger partial charge in [0.05, 0.1) is 11.1 Å². The Morgan fingerprint density at radius 1 is 1.09 bits per heavy atom. The Bertz CT molecular complexity index is 1660. The average Bonchev–Trinajstić information content (AvgIpc) is 3.45. The molecule has 3 heterocycles. The van der Waals surface area contributed by atoms with Gasteiger partial charge in [-0.2, -0.15) is 5.10 Å². The zero-order chi connectivity index (χ0) is 31.5. The minimum atomic E-state index is -1.02. The summed E-state index contributed by atoms with van der Waals surface area (Å²) in [4.78, 5) is 18.7. The number of piperazine rings is 1.